The van der Waals surface area contributed by atoms with Gasteiger partial charge in [0.2, 0.25) is 0 Å². The Labute approximate surface area is 156 Å². The Morgan fingerprint density at radius 2 is 1.81 bits per heavy atom. The molecule has 1 aliphatic heterocycles. The average molecular weight is 357 g/mol. The van der Waals surface area contributed by atoms with Crippen molar-refractivity contribution in [2.75, 3.05) is 7.11 Å². The number of nitrogens with zero attached hydrogens (tertiary/aromatic N) is 1. The predicted octanol–water partition coefficient (Wildman–Crippen LogP) is 4.66. The topological polar surface area (TPSA) is 40.5 Å². The molecule has 0 radical (unpaired) electrons. The number of esters is 1. The van der Waals surface area contributed by atoms with Crippen molar-refractivity contribution in [2.45, 2.75) is 19.8 Å². The summed E-state index contributed by atoms with van der Waals surface area (Å²) < 4.78 is 13.0. The smallest absolute Gasteiger partial charge is 0.340 e. The molecule has 0 bridgehead atoms. The zero-order valence-corrected chi connectivity index (χ0v) is 15.1. The molecule has 0 atom stereocenters. The van der Waals surface area contributed by atoms with Gasteiger partial charge in [-0.15, -0.1) is 0 Å². The molecule has 5 rings (SSSR count). The number of hydrogen-bond acceptors (Lipinski definition) is 3. The Kier molecular flexibility index (Phi) is 3.73. The van der Waals surface area contributed by atoms with Crippen LogP contribution in [0.3, 0.4) is 0 Å². The highest BCUT2D eigenvalue weighted by Crippen LogP contribution is 2.38. The van der Waals surface area contributed by atoms with Crippen molar-refractivity contribution in [1.82, 2.24) is 4.57 Å². The standard InChI is InChI=1S/C23H19NO3/c1-26-23(25)21-19-14-27-13-16(19)11-18-17-9-5-6-10-20(17)24(22(18)21)12-15-7-3-2-4-8-15/h2-11H,12-14H2,1H3. The largest absolute Gasteiger partial charge is 0.465 e. The maximum absolute atomic E-state index is 12.8. The molecule has 0 saturated carbocycles. The van der Waals surface area contributed by atoms with Gasteiger partial charge in [-0.1, -0.05) is 48.5 Å². The van der Waals surface area contributed by atoms with E-state index >= 15 is 0 Å². The minimum absolute atomic E-state index is 0.306. The van der Waals surface area contributed by atoms with E-state index in [4.69, 9.17) is 9.47 Å². The molecule has 1 aromatic heterocycles. The van der Waals surface area contributed by atoms with Crippen LogP contribution in [0.15, 0.2) is 60.7 Å². The summed E-state index contributed by atoms with van der Waals surface area (Å²) in [6.45, 7) is 1.67. The van der Waals surface area contributed by atoms with E-state index < -0.39 is 0 Å². The molecule has 0 N–H and O–H groups in total. The number of ether oxygens (including phenoxy) is 2. The molecule has 0 aliphatic carbocycles. The third kappa shape index (κ3) is 2.45. The second-order valence-corrected chi connectivity index (χ2v) is 6.86. The van der Waals surface area contributed by atoms with Gasteiger partial charge in [0.25, 0.3) is 0 Å². The molecule has 4 nitrogen and oxygen atoms in total. The zero-order valence-electron chi connectivity index (χ0n) is 15.1. The van der Waals surface area contributed by atoms with Crippen LogP contribution in [0.1, 0.15) is 27.0 Å². The summed E-state index contributed by atoms with van der Waals surface area (Å²) in [7, 11) is 1.44. The number of methoxy groups -OCH3 is 1. The van der Waals surface area contributed by atoms with Crippen LogP contribution < -0.4 is 0 Å². The summed E-state index contributed by atoms with van der Waals surface area (Å²) in [4.78, 5) is 12.8. The highest BCUT2D eigenvalue weighted by molar-refractivity contribution is 6.15. The van der Waals surface area contributed by atoms with E-state index in [1.165, 1.54) is 12.7 Å². The molecule has 0 saturated heterocycles. The van der Waals surface area contributed by atoms with Crippen molar-refractivity contribution in [3.8, 4) is 0 Å². The molecule has 0 amide bonds. The fourth-order valence-electron chi connectivity index (χ4n) is 4.12. The third-order valence-corrected chi connectivity index (χ3v) is 5.33. The zero-order chi connectivity index (χ0) is 18.4. The van der Waals surface area contributed by atoms with Crippen LogP contribution in [-0.2, 0) is 29.2 Å². The van der Waals surface area contributed by atoms with Gasteiger partial charge < -0.3 is 14.0 Å². The van der Waals surface area contributed by atoms with Crippen molar-refractivity contribution in [2.24, 2.45) is 0 Å². The number of hydrogen-bond donors (Lipinski definition) is 0. The van der Waals surface area contributed by atoms with Crippen LogP contribution in [0.4, 0.5) is 0 Å². The lowest BCUT2D eigenvalue weighted by Gasteiger charge is -2.13. The normalized spacial score (nSPS) is 13.2. The molecular formula is C23H19NO3. The monoisotopic (exact) mass is 357 g/mol. The number of carbonyl (C=O) groups excluding carboxylic acids is 1. The second kappa shape index (κ2) is 6.25. The first-order chi connectivity index (χ1) is 13.3. The highest BCUT2D eigenvalue weighted by Gasteiger charge is 2.27. The quantitative estimate of drug-likeness (QED) is 0.501. The van der Waals surface area contributed by atoms with Gasteiger partial charge in [0.05, 0.1) is 31.4 Å². The van der Waals surface area contributed by atoms with Gasteiger partial charge >= 0.3 is 5.97 Å². The lowest BCUT2D eigenvalue weighted by molar-refractivity contribution is 0.0598. The van der Waals surface area contributed by atoms with Crippen LogP contribution in [0, 0.1) is 0 Å². The molecule has 2 heterocycles. The highest BCUT2D eigenvalue weighted by atomic mass is 16.5. The first-order valence-corrected chi connectivity index (χ1v) is 9.03. The van der Waals surface area contributed by atoms with E-state index in [1.807, 2.05) is 30.3 Å². The van der Waals surface area contributed by atoms with Crippen molar-refractivity contribution in [3.63, 3.8) is 0 Å². The summed E-state index contributed by atoms with van der Waals surface area (Å²) in [5, 5.41) is 2.22. The van der Waals surface area contributed by atoms with Crippen LogP contribution in [0.2, 0.25) is 0 Å². The maximum Gasteiger partial charge on any atom is 0.340 e. The maximum atomic E-state index is 12.8. The number of benzene rings is 3. The first kappa shape index (κ1) is 16.1. The average Bonchev–Trinajstić information content (AvgIpc) is 3.30. The van der Waals surface area contributed by atoms with Gasteiger partial charge in [-0.3, -0.25) is 0 Å². The third-order valence-electron chi connectivity index (χ3n) is 5.33. The van der Waals surface area contributed by atoms with Crippen molar-refractivity contribution >= 4 is 27.8 Å². The van der Waals surface area contributed by atoms with Gasteiger partial charge in [0, 0.05) is 22.8 Å². The van der Waals surface area contributed by atoms with Crippen LogP contribution >= 0.6 is 0 Å². The van der Waals surface area contributed by atoms with Gasteiger partial charge in [-0.2, -0.15) is 0 Å². The number of para-hydroxylation sites is 1. The molecule has 0 unspecified atom stereocenters. The van der Waals surface area contributed by atoms with Gasteiger partial charge in [0.1, 0.15) is 0 Å². The van der Waals surface area contributed by atoms with E-state index in [-0.39, 0.29) is 5.97 Å². The first-order valence-electron chi connectivity index (χ1n) is 9.03. The van der Waals surface area contributed by atoms with E-state index in [1.54, 1.807) is 0 Å². The Bertz CT molecular complexity index is 1170. The molecule has 0 spiro atoms. The molecule has 4 aromatic rings. The molecular weight excluding hydrogens is 338 g/mol. The number of carbonyl (C=O) groups is 1. The molecule has 134 valence electrons. The lowest BCUT2D eigenvalue weighted by Crippen LogP contribution is -2.10. The van der Waals surface area contributed by atoms with E-state index in [9.17, 15) is 4.79 Å². The summed E-state index contributed by atoms with van der Waals surface area (Å²) >= 11 is 0. The molecule has 1 aliphatic rings. The van der Waals surface area contributed by atoms with Crippen LogP contribution in [0.5, 0.6) is 0 Å². The number of rotatable bonds is 3. The van der Waals surface area contributed by atoms with E-state index in [0.717, 1.165) is 32.9 Å². The van der Waals surface area contributed by atoms with Crippen LogP contribution in [0.25, 0.3) is 21.8 Å². The van der Waals surface area contributed by atoms with Gasteiger partial charge in [-0.25, -0.2) is 4.79 Å². The molecule has 4 heteroatoms. The Morgan fingerprint density at radius 3 is 2.63 bits per heavy atom. The van der Waals surface area contributed by atoms with E-state index in [2.05, 4.69) is 34.9 Å². The fourth-order valence-corrected chi connectivity index (χ4v) is 4.12. The predicted molar refractivity (Wildman–Crippen MR) is 105 cm³/mol. The Hall–Kier alpha value is -3.11. The molecule has 0 fully saturated rings. The Morgan fingerprint density at radius 1 is 1.04 bits per heavy atom. The molecule has 3 aromatic carbocycles. The Balaban J connectivity index is 1.90. The minimum Gasteiger partial charge on any atom is -0.465 e. The van der Waals surface area contributed by atoms with Crippen molar-refractivity contribution in [1.29, 1.82) is 0 Å². The van der Waals surface area contributed by atoms with Crippen molar-refractivity contribution < 1.29 is 14.3 Å². The summed E-state index contributed by atoms with van der Waals surface area (Å²) in [5.74, 6) is -0.306. The number of fused-ring (bicyclic) bond motifs is 4. The summed E-state index contributed by atoms with van der Waals surface area (Å²) in [5.41, 5.74) is 5.89. The van der Waals surface area contributed by atoms with Gasteiger partial charge in [-0.05, 0) is 28.8 Å². The lowest BCUT2D eigenvalue weighted by atomic mass is 9.98. The number of aromatic nitrogens is 1. The van der Waals surface area contributed by atoms with Crippen molar-refractivity contribution in [3.05, 3.63) is 82.9 Å². The molecule has 27 heavy (non-hydrogen) atoms. The summed E-state index contributed by atoms with van der Waals surface area (Å²) in [6, 6.07) is 20.8. The van der Waals surface area contributed by atoms with Crippen LogP contribution in [-0.4, -0.2) is 17.6 Å². The van der Waals surface area contributed by atoms with E-state index in [0.29, 0.717) is 25.3 Å². The second-order valence-electron chi connectivity index (χ2n) is 6.86. The SMILES string of the molecule is COC(=O)c1c2c(cc3c4ccccc4n(Cc4ccccc4)c13)COC2. The fraction of sp³-hybridized carbons (Fsp3) is 0.174. The summed E-state index contributed by atoms with van der Waals surface area (Å²) in [6.07, 6.45) is 0. The van der Waals surface area contributed by atoms with Gasteiger partial charge in [0.15, 0.2) is 0 Å². The minimum atomic E-state index is -0.306.